The maximum atomic E-state index is 9.51. The molecule has 1 fully saturated rings. The van der Waals surface area contributed by atoms with Gasteiger partial charge in [-0.05, 0) is 55.2 Å². The molecule has 0 unspecified atom stereocenters. The molecule has 2 aliphatic heterocycles. The molecule has 0 spiro atoms. The Kier molecular flexibility index (Phi) is 2.03. The van der Waals surface area contributed by atoms with Gasteiger partial charge in [0.25, 0.3) is 0 Å². The van der Waals surface area contributed by atoms with Crippen LogP contribution in [0.1, 0.15) is 42.4 Å². The van der Waals surface area contributed by atoms with Gasteiger partial charge in [-0.3, -0.25) is 0 Å². The van der Waals surface area contributed by atoms with Gasteiger partial charge in [0.1, 0.15) is 0 Å². The predicted molar refractivity (Wildman–Crippen MR) is 71.8 cm³/mol. The first-order valence-corrected chi connectivity index (χ1v) is 7.15. The first-order chi connectivity index (χ1) is 8.82. The Labute approximate surface area is 108 Å². The lowest BCUT2D eigenvalue weighted by molar-refractivity contribution is 0.323. The minimum atomic E-state index is -0.142. The molecule has 0 bridgehead atoms. The molecule has 0 amide bonds. The Morgan fingerprint density at radius 2 is 1.83 bits per heavy atom. The van der Waals surface area contributed by atoms with E-state index in [0.717, 1.165) is 12.8 Å². The first kappa shape index (κ1) is 10.4. The molecule has 1 aromatic rings. The Hall–Kier alpha value is -1.49. The molecule has 2 nitrogen and oxygen atoms in total. The summed E-state index contributed by atoms with van der Waals surface area (Å²) >= 11 is 0. The number of hydrogen-bond acceptors (Lipinski definition) is 2. The van der Waals surface area contributed by atoms with Crippen molar-refractivity contribution in [2.45, 2.75) is 43.9 Å². The van der Waals surface area contributed by atoms with Crippen LogP contribution in [0.15, 0.2) is 12.1 Å². The predicted octanol–water partition coefficient (Wildman–Crippen LogP) is 2.94. The number of rotatable bonds is 1. The van der Waals surface area contributed by atoms with Gasteiger partial charge in [-0.1, -0.05) is 12.1 Å². The fourth-order valence-electron chi connectivity index (χ4n) is 3.87. The quantitative estimate of drug-likeness (QED) is 0.752. The van der Waals surface area contributed by atoms with E-state index < -0.39 is 0 Å². The van der Waals surface area contributed by atoms with E-state index in [2.05, 4.69) is 23.1 Å². The molecule has 3 aliphatic rings. The first-order valence-electron chi connectivity index (χ1n) is 7.15. The monoisotopic (exact) mass is 238 g/mol. The summed E-state index contributed by atoms with van der Waals surface area (Å²) in [7, 11) is 0. The fraction of sp³-hybridized carbons (Fsp3) is 0.562. The second-order valence-electron chi connectivity index (χ2n) is 6.03. The minimum Gasteiger partial charge on any atom is -0.371 e. The Morgan fingerprint density at radius 1 is 1.06 bits per heavy atom. The zero-order chi connectivity index (χ0) is 12.2. The summed E-state index contributed by atoms with van der Waals surface area (Å²) in [6.07, 6.45) is 6.99. The minimum absolute atomic E-state index is 0.142. The molecule has 92 valence electrons. The van der Waals surface area contributed by atoms with Crippen LogP contribution in [-0.4, -0.2) is 13.1 Å². The summed E-state index contributed by atoms with van der Waals surface area (Å²) in [4.78, 5) is 2.54. The number of hydrogen-bond donors (Lipinski definition) is 0. The standard InChI is InChI=1S/C16H18N2/c17-11-16(5-2-6-16)14-9-12-3-1-7-18-8-4-13(10-14)15(12)18/h9-10H,1-8H2. The molecule has 0 radical (unpaired) electrons. The van der Waals surface area contributed by atoms with E-state index in [1.807, 2.05) is 0 Å². The largest absolute Gasteiger partial charge is 0.371 e. The second-order valence-corrected chi connectivity index (χ2v) is 6.03. The highest BCUT2D eigenvalue weighted by Crippen LogP contribution is 2.46. The van der Waals surface area contributed by atoms with Crippen LogP contribution >= 0.6 is 0 Å². The van der Waals surface area contributed by atoms with Crippen molar-refractivity contribution >= 4 is 5.69 Å². The van der Waals surface area contributed by atoms with E-state index in [-0.39, 0.29) is 5.41 Å². The molecule has 2 heteroatoms. The molecule has 0 saturated heterocycles. The van der Waals surface area contributed by atoms with Crippen molar-refractivity contribution in [2.75, 3.05) is 18.0 Å². The fourth-order valence-corrected chi connectivity index (χ4v) is 3.87. The Morgan fingerprint density at radius 3 is 2.50 bits per heavy atom. The summed E-state index contributed by atoms with van der Waals surface area (Å²) in [5.41, 5.74) is 5.69. The number of anilines is 1. The summed E-state index contributed by atoms with van der Waals surface area (Å²) in [6.45, 7) is 2.41. The summed E-state index contributed by atoms with van der Waals surface area (Å²) < 4.78 is 0. The van der Waals surface area contributed by atoms with Gasteiger partial charge in [-0.15, -0.1) is 0 Å². The molecular formula is C16H18N2. The zero-order valence-electron chi connectivity index (χ0n) is 10.7. The van der Waals surface area contributed by atoms with E-state index in [9.17, 15) is 5.26 Å². The summed E-state index contributed by atoms with van der Waals surface area (Å²) in [5, 5.41) is 9.51. The van der Waals surface area contributed by atoms with Crippen molar-refractivity contribution in [3.8, 4) is 6.07 Å². The molecular weight excluding hydrogens is 220 g/mol. The van der Waals surface area contributed by atoms with Crippen LogP contribution in [0.4, 0.5) is 5.69 Å². The van der Waals surface area contributed by atoms with Crippen LogP contribution in [0.2, 0.25) is 0 Å². The topological polar surface area (TPSA) is 27.0 Å². The summed E-state index contributed by atoms with van der Waals surface area (Å²) in [5.74, 6) is 0. The Bertz CT molecular complexity index is 549. The molecule has 4 rings (SSSR count). The highest BCUT2D eigenvalue weighted by Gasteiger charge is 2.40. The van der Waals surface area contributed by atoms with E-state index in [1.54, 1.807) is 0 Å². The normalized spacial score (nSPS) is 23.2. The molecule has 0 atom stereocenters. The SMILES string of the molecule is N#CC1(c2cc3c4c(c2)CCN4CCC3)CCC1. The van der Waals surface area contributed by atoms with Crippen molar-refractivity contribution < 1.29 is 0 Å². The van der Waals surface area contributed by atoms with Crippen molar-refractivity contribution in [1.29, 1.82) is 5.26 Å². The average molecular weight is 238 g/mol. The number of benzene rings is 1. The smallest absolute Gasteiger partial charge is 0.0822 e. The zero-order valence-corrected chi connectivity index (χ0v) is 10.7. The van der Waals surface area contributed by atoms with Gasteiger partial charge in [-0.25, -0.2) is 0 Å². The van der Waals surface area contributed by atoms with Crippen LogP contribution in [0, 0.1) is 11.3 Å². The lowest BCUT2D eigenvalue weighted by atomic mass is 9.65. The number of nitrogens with zero attached hydrogens (tertiary/aromatic N) is 2. The van der Waals surface area contributed by atoms with Gasteiger partial charge in [0.15, 0.2) is 0 Å². The third-order valence-electron chi connectivity index (χ3n) is 5.08. The van der Waals surface area contributed by atoms with E-state index in [0.29, 0.717) is 0 Å². The van der Waals surface area contributed by atoms with E-state index >= 15 is 0 Å². The average Bonchev–Trinajstić information content (AvgIpc) is 2.74. The third-order valence-corrected chi connectivity index (χ3v) is 5.08. The van der Waals surface area contributed by atoms with Gasteiger partial charge in [-0.2, -0.15) is 5.26 Å². The lowest BCUT2D eigenvalue weighted by Gasteiger charge is -2.37. The molecule has 0 N–H and O–H groups in total. The van der Waals surface area contributed by atoms with Gasteiger partial charge in [0.05, 0.1) is 11.5 Å². The maximum absolute atomic E-state index is 9.51. The maximum Gasteiger partial charge on any atom is 0.0822 e. The van der Waals surface area contributed by atoms with Gasteiger partial charge in [0, 0.05) is 18.8 Å². The highest BCUT2D eigenvalue weighted by molar-refractivity contribution is 5.67. The molecule has 0 aromatic heterocycles. The van der Waals surface area contributed by atoms with Crippen LogP contribution in [0.25, 0.3) is 0 Å². The van der Waals surface area contributed by atoms with Crippen LogP contribution in [0.3, 0.4) is 0 Å². The van der Waals surface area contributed by atoms with Crippen molar-refractivity contribution in [3.63, 3.8) is 0 Å². The van der Waals surface area contributed by atoms with Gasteiger partial charge in [0.2, 0.25) is 0 Å². The molecule has 2 heterocycles. The van der Waals surface area contributed by atoms with Crippen molar-refractivity contribution in [3.05, 3.63) is 28.8 Å². The number of aryl methyl sites for hydroxylation is 1. The third kappa shape index (κ3) is 1.22. The number of nitriles is 1. The molecule has 1 aliphatic carbocycles. The second kappa shape index (κ2) is 3.51. The van der Waals surface area contributed by atoms with Crippen LogP contribution in [0.5, 0.6) is 0 Å². The van der Waals surface area contributed by atoms with Gasteiger partial charge >= 0.3 is 0 Å². The van der Waals surface area contributed by atoms with Crippen LogP contribution < -0.4 is 4.90 Å². The summed E-state index contributed by atoms with van der Waals surface area (Å²) in [6, 6.07) is 7.28. The van der Waals surface area contributed by atoms with Gasteiger partial charge < -0.3 is 4.90 Å². The van der Waals surface area contributed by atoms with Crippen LogP contribution in [-0.2, 0) is 18.3 Å². The molecule has 18 heavy (non-hydrogen) atoms. The Balaban J connectivity index is 1.86. The highest BCUT2D eigenvalue weighted by atomic mass is 15.2. The molecule has 1 saturated carbocycles. The van der Waals surface area contributed by atoms with Crippen molar-refractivity contribution in [2.24, 2.45) is 0 Å². The lowest BCUT2D eigenvalue weighted by Crippen LogP contribution is -2.33. The van der Waals surface area contributed by atoms with Crippen molar-refractivity contribution in [1.82, 2.24) is 0 Å². The van der Waals surface area contributed by atoms with E-state index in [4.69, 9.17) is 0 Å². The van der Waals surface area contributed by atoms with E-state index in [1.165, 1.54) is 61.2 Å². The molecule has 1 aromatic carbocycles.